The van der Waals surface area contributed by atoms with E-state index in [1.165, 1.54) is 19.3 Å². The topological polar surface area (TPSA) is 86.6 Å². The van der Waals surface area contributed by atoms with Crippen LogP contribution in [0.4, 0.5) is 11.4 Å². The van der Waals surface area contributed by atoms with Gasteiger partial charge in [0.15, 0.2) is 5.78 Å². The lowest BCUT2D eigenvalue weighted by molar-refractivity contribution is -0.139. The van der Waals surface area contributed by atoms with Gasteiger partial charge < -0.3 is 14.2 Å². The highest BCUT2D eigenvalue weighted by Crippen LogP contribution is 2.23. The number of rotatable bonds is 25. The first-order chi connectivity index (χ1) is 24.3. The Kier molecular flexibility index (Phi) is 18.7. The number of azo groups is 1. The molecule has 266 valence electrons. The Bertz CT molecular complexity index is 1520. The summed E-state index contributed by atoms with van der Waals surface area (Å²) in [6.07, 6.45) is 16.5. The van der Waals surface area contributed by atoms with Crippen LogP contribution in [0, 0.1) is 0 Å². The highest BCUT2D eigenvalue weighted by atomic mass is 16.5. The molecule has 0 unspecified atom stereocenters. The molecule has 0 aliphatic carbocycles. The molecule has 0 bridgehead atoms. The summed E-state index contributed by atoms with van der Waals surface area (Å²) in [6, 6.07) is 23.7. The van der Waals surface area contributed by atoms with Gasteiger partial charge in [0.2, 0.25) is 0 Å². The fourth-order valence-electron chi connectivity index (χ4n) is 4.95. The van der Waals surface area contributed by atoms with Gasteiger partial charge in [0.05, 0.1) is 31.2 Å². The molecule has 0 N–H and O–H groups in total. The normalized spacial score (nSPS) is 11.2. The number of allylic oxidation sites excluding steroid dienone is 1. The van der Waals surface area contributed by atoms with Crippen molar-refractivity contribution in [3.8, 4) is 11.5 Å². The third-order valence-corrected chi connectivity index (χ3v) is 8.04. The molecule has 0 saturated heterocycles. The summed E-state index contributed by atoms with van der Waals surface area (Å²) in [7, 11) is 0. The second-order valence-corrected chi connectivity index (χ2v) is 12.6. The summed E-state index contributed by atoms with van der Waals surface area (Å²) in [5.41, 5.74) is 4.83. The van der Waals surface area contributed by atoms with Crippen LogP contribution >= 0.6 is 0 Å². The second-order valence-electron chi connectivity index (χ2n) is 12.6. The number of Topliss-reactive ketones (excluding diaryl/α,β-unsaturated/α-hetero) is 1. The molecular formula is C43H54N2O5. The average molecular weight is 679 g/mol. The van der Waals surface area contributed by atoms with Crippen molar-refractivity contribution < 1.29 is 23.8 Å². The molecule has 0 aliphatic heterocycles. The minimum Gasteiger partial charge on any atom is -0.494 e. The summed E-state index contributed by atoms with van der Waals surface area (Å²) in [4.78, 5) is 22.9. The van der Waals surface area contributed by atoms with E-state index in [9.17, 15) is 9.59 Å². The van der Waals surface area contributed by atoms with Gasteiger partial charge in [-0.15, -0.1) is 0 Å². The Balaban J connectivity index is 1.26. The number of nitrogens with zero attached hydrogens (tertiary/aromatic N) is 2. The van der Waals surface area contributed by atoms with Gasteiger partial charge in [-0.1, -0.05) is 81.7 Å². The van der Waals surface area contributed by atoms with E-state index in [0.717, 1.165) is 92.0 Å². The Hall–Kier alpha value is -4.78. The predicted octanol–water partition coefficient (Wildman–Crippen LogP) is 12.0. The quantitative estimate of drug-likeness (QED) is 0.0293. The number of unbranched alkanes of at least 4 members (excludes halogenated alkanes) is 9. The van der Waals surface area contributed by atoms with Gasteiger partial charge in [0.25, 0.3) is 0 Å². The van der Waals surface area contributed by atoms with E-state index in [1.54, 1.807) is 13.8 Å². The average Bonchev–Trinajstić information content (AvgIpc) is 3.12. The second kappa shape index (κ2) is 23.6. The fraction of sp³-hybridized carbons (Fsp3) is 0.395. The van der Waals surface area contributed by atoms with Crippen LogP contribution in [0.25, 0.3) is 12.2 Å². The number of hydrogen-bond acceptors (Lipinski definition) is 7. The molecule has 0 aromatic heterocycles. The Morgan fingerprint density at radius 3 is 1.42 bits per heavy atom. The van der Waals surface area contributed by atoms with Gasteiger partial charge in [0, 0.05) is 12.0 Å². The zero-order valence-corrected chi connectivity index (χ0v) is 30.0. The first-order valence-electron chi connectivity index (χ1n) is 18.0. The zero-order chi connectivity index (χ0) is 35.8. The minimum atomic E-state index is -0.324. The van der Waals surface area contributed by atoms with E-state index in [-0.39, 0.29) is 11.8 Å². The number of carbonyl (C=O) groups excluding carboxylic acids is 2. The number of ether oxygens (including phenoxy) is 3. The maximum absolute atomic E-state index is 11.6. The SMILES string of the molecule is C=C(C)C(=O)CCCCCCCCCOc1ccc(C=Cc2ccc(N=Nc3ccc(OCCCCCCOC(=O)C(=C)C)cc3)cc2)cc1. The molecule has 50 heavy (non-hydrogen) atoms. The van der Waals surface area contributed by atoms with Crippen molar-refractivity contribution >= 4 is 35.3 Å². The third kappa shape index (κ3) is 17.0. The molecule has 7 heteroatoms. The molecule has 0 saturated carbocycles. The Morgan fingerprint density at radius 1 is 0.540 bits per heavy atom. The minimum absolute atomic E-state index is 0.196. The van der Waals surface area contributed by atoms with Gasteiger partial charge in [-0.25, -0.2) is 4.79 Å². The largest absolute Gasteiger partial charge is 0.494 e. The van der Waals surface area contributed by atoms with Gasteiger partial charge in [-0.05, 0) is 118 Å². The standard InChI is InChI=1S/C43H54N2O5/c1-34(2)42(46)16-12-8-6-5-7-9-13-31-48-40-27-21-37(22-28-40)18-17-36-19-23-38(24-20-36)44-45-39-25-29-41(30-26-39)49-32-14-10-11-15-33-50-43(47)35(3)4/h17-30H,1,3,5-16,31-33H2,2,4H3. The van der Waals surface area contributed by atoms with Crippen molar-refractivity contribution in [1.82, 2.24) is 0 Å². The van der Waals surface area contributed by atoms with Crippen molar-refractivity contribution in [1.29, 1.82) is 0 Å². The van der Waals surface area contributed by atoms with Crippen molar-refractivity contribution in [2.24, 2.45) is 10.2 Å². The molecule has 0 amide bonds. The first kappa shape index (κ1) is 39.7. The maximum atomic E-state index is 11.6. The van der Waals surface area contributed by atoms with Crippen LogP contribution in [-0.2, 0) is 14.3 Å². The molecule has 0 aliphatic rings. The number of hydrogen-bond donors (Lipinski definition) is 0. The van der Waals surface area contributed by atoms with E-state index < -0.39 is 0 Å². The zero-order valence-electron chi connectivity index (χ0n) is 30.0. The van der Waals surface area contributed by atoms with E-state index in [1.807, 2.05) is 60.7 Å². The van der Waals surface area contributed by atoms with Crippen molar-refractivity contribution in [2.75, 3.05) is 19.8 Å². The highest BCUT2D eigenvalue weighted by Gasteiger charge is 2.03. The van der Waals surface area contributed by atoms with Gasteiger partial charge in [0.1, 0.15) is 11.5 Å². The van der Waals surface area contributed by atoms with Gasteiger partial charge in [-0.2, -0.15) is 10.2 Å². The lowest BCUT2D eigenvalue weighted by atomic mass is 10.0. The Labute approximate surface area is 299 Å². The van der Waals surface area contributed by atoms with E-state index >= 15 is 0 Å². The summed E-state index contributed by atoms with van der Waals surface area (Å²) >= 11 is 0. The molecule has 3 rings (SSSR count). The first-order valence-corrected chi connectivity index (χ1v) is 18.0. The van der Waals surface area contributed by atoms with Crippen LogP contribution < -0.4 is 9.47 Å². The fourth-order valence-corrected chi connectivity index (χ4v) is 4.95. The monoisotopic (exact) mass is 678 g/mol. The van der Waals surface area contributed by atoms with E-state index in [2.05, 4.69) is 47.7 Å². The molecule has 0 fully saturated rings. The molecule has 3 aromatic rings. The predicted molar refractivity (Wildman–Crippen MR) is 204 cm³/mol. The van der Waals surface area contributed by atoms with Crippen molar-refractivity contribution in [3.63, 3.8) is 0 Å². The maximum Gasteiger partial charge on any atom is 0.333 e. The molecule has 0 atom stereocenters. The number of carbonyl (C=O) groups is 2. The molecule has 0 heterocycles. The van der Waals surface area contributed by atoms with Crippen LogP contribution in [0.5, 0.6) is 11.5 Å². The van der Waals surface area contributed by atoms with Crippen molar-refractivity contribution in [2.45, 2.75) is 90.9 Å². The van der Waals surface area contributed by atoms with E-state index in [4.69, 9.17) is 14.2 Å². The molecule has 7 nitrogen and oxygen atoms in total. The Morgan fingerprint density at radius 2 is 0.940 bits per heavy atom. The summed E-state index contributed by atoms with van der Waals surface area (Å²) in [6.45, 7) is 12.5. The van der Waals surface area contributed by atoms with Gasteiger partial charge >= 0.3 is 5.97 Å². The summed E-state index contributed by atoms with van der Waals surface area (Å²) < 4.78 is 16.9. The lowest BCUT2D eigenvalue weighted by Gasteiger charge is -2.07. The number of benzene rings is 3. The molecule has 0 spiro atoms. The smallest absolute Gasteiger partial charge is 0.333 e. The molecule has 0 radical (unpaired) electrons. The van der Waals surface area contributed by atoms with Crippen LogP contribution in [0.15, 0.2) is 107 Å². The summed E-state index contributed by atoms with van der Waals surface area (Å²) in [5.74, 6) is 1.57. The third-order valence-electron chi connectivity index (χ3n) is 8.04. The molecule has 3 aromatic carbocycles. The number of esters is 1. The van der Waals surface area contributed by atoms with E-state index in [0.29, 0.717) is 30.8 Å². The van der Waals surface area contributed by atoms with Crippen LogP contribution in [0.3, 0.4) is 0 Å². The van der Waals surface area contributed by atoms with Gasteiger partial charge in [-0.3, -0.25) is 4.79 Å². The lowest BCUT2D eigenvalue weighted by Crippen LogP contribution is -2.06. The molecular weight excluding hydrogens is 624 g/mol. The number of ketones is 1. The van der Waals surface area contributed by atoms with Crippen molar-refractivity contribution in [3.05, 3.63) is 108 Å². The summed E-state index contributed by atoms with van der Waals surface area (Å²) in [5, 5.41) is 8.73. The van der Waals surface area contributed by atoms with Crippen LogP contribution in [0.2, 0.25) is 0 Å². The van der Waals surface area contributed by atoms with Crippen LogP contribution in [-0.4, -0.2) is 31.6 Å². The van der Waals surface area contributed by atoms with Crippen LogP contribution in [0.1, 0.15) is 102 Å². The highest BCUT2D eigenvalue weighted by molar-refractivity contribution is 5.94.